The molecule has 0 spiro atoms. The molecule has 0 aliphatic heterocycles. The van der Waals surface area contributed by atoms with Crippen molar-refractivity contribution >= 4 is 26.3 Å². The van der Waals surface area contributed by atoms with E-state index in [1.807, 2.05) is 0 Å². The molecule has 6 nitrogen and oxygen atoms in total. The minimum absolute atomic E-state index is 0.372. The molecule has 1 aromatic rings. The molecule has 0 amide bonds. The van der Waals surface area contributed by atoms with Crippen molar-refractivity contribution in [3.8, 4) is 0 Å². The fourth-order valence-electron chi connectivity index (χ4n) is 1.10. The molecule has 0 aromatic heterocycles. The number of hydrogen-bond donors (Lipinski definition) is 2. The van der Waals surface area contributed by atoms with Gasteiger partial charge in [-0.1, -0.05) is 24.3 Å². The van der Waals surface area contributed by atoms with Gasteiger partial charge in [0.2, 0.25) is 0 Å². The maximum absolute atomic E-state index is 10.6. The van der Waals surface area contributed by atoms with Gasteiger partial charge in [0.15, 0.2) is 0 Å². The molecule has 0 atom stereocenters. The van der Waals surface area contributed by atoms with E-state index in [0.29, 0.717) is 16.5 Å². The van der Waals surface area contributed by atoms with Gasteiger partial charge in [0, 0.05) is 0 Å². The van der Waals surface area contributed by atoms with Crippen LogP contribution in [0.25, 0.3) is 6.08 Å². The van der Waals surface area contributed by atoms with E-state index in [1.165, 1.54) is 24.3 Å². The average molecular weight is 278 g/mol. The lowest BCUT2D eigenvalue weighted by Crippen LogP contribution is -2.01. The van der Waals surface area contributed by atoms with Gasteiger partial charge < -0.3 is 0 Å². The molecule has 0 aliphatic carbocycles. The predicted molar refractivity (Wildman–Crippen MR) is 62.3 cm³/mol. The van der Waals surface area contributed by atoms with Crippen LogP contribution in [0, 0.1) is 0 Å². The summed E-state index contributed by atoms with van der Waals surface area (Å²) in [7, 11) is -8.26. The third-order valence-corrected chi connectivity index (χ3v) is 2.94. The Labute approximate surface area is 99.1 Å². The fraction of sp³-hybridized carbons (Fsp3) is 0.111. The van der Waals surface area contributed by atoms with Crippen molar-refractivity contribution in [2.45, 2.75) is 5.75 Å². The molecule has 0 heterocycles. The van der Waals surface area contributed by atoms with E-state index in [0.717, 1.165) is 6.08 Å². The lowest BCUT2D eigenvalue weighted by atomic mass is 10.1. The molecular formula is C9H10O6S2. The Bertz CT molecular complexity index is 610. The zero-order chi connectivity index (χ0) is 13.1. The van der Waals surface area contributed by atoms with Gasteiger partial charge in [-0.3, -0.25) is 9.11 Å². The molecule has 17 heavy (non-hydrogen) atoms. The van der Waals surface area contributed by atoms with Crippen LogP contribution < -0.4 is 0 Å². The molecule has 0 bridgehead atoms. The molecular weight excluding hydrogens is 268 g/mol. The van der Waals surface area contributed by atoms with Crippen molar-refractivity contribution in [3.05, 3.63) is 40.8 Å². The Hall–Kier alpha value is -1.22. The van der Waals surface area contributed by atoms with Crippen molar-refractivity contribution in [1.82, 2.24) is 0 Å². The molecule has 0 saturated heterocycles. The second-order valence-corrected chi connectivity index (χ2v) is 6.04. The zero-order valence-corrected chi connectivity index (χ0v) is 10.1. The van der Waals surface area contributed by atoms with Gasteiger partial charge in [0.1, 0.15) is 5.75 Å². The van der Waals surface area contributed by atoms with Gasteiger partial charge in [-0.25, -0.2) is 0 Å². The fourth-order valence-corrected chi connectivity index (χ4v) is 2.04. The topological polar surface area (TPSA) is 109 Å². The monoisotopic (exact) mass is 278 g/mol. The van der Waals surface area contributed by atoms with Crippen molar-refractivity contribution in [2.75, 3.05) is 0 Å². The highest BCUT2D eigenvalue weighted by Gasteiger charge is 2.05. The summed E-state index contributed by atoms with van der Waals surface area (Å²) >= 11 is 0. The van der Waals surface area contributed by atoms with Crippen molar-refractivity contribution in [3.63, 3.8) is 0 Å². The summed E-state index contributed by atoms with van der Waals surface area (Å²) in [4.78, 5) is 0. The maximum atomic E-state index is 10.6. The maximum Gasteiger partial charge on any atom is 0.287 e. The van der Waals surface area contributed by atoms with Crippen LogP contribution in [-0.4, -0.2) is 25.9 Å². The molecule has 1 aromatic carbocycles. The first kappa shape index (κ1) is 13.8. The summed E-state index contributed by atoms with van der Waals surface area (Å²) in [6.07, 6.45) is 1.16. The summed E-state index contributed by atoms with van der Waals surface area (Å²) < 4.78 is 59.0. The third kappa shape index (κ3) is 6.17. The van der Waals surface area contributed by atoms with Gasteiger partial charge >= 0.3 is 0 Å². The van der Waals surface area contributed by atoms with Gasteiger partial charge in [0.25, 0.3) is 20.2 Å². The smallest absolute Gasteiger partial charge is 0.285 e. The molecule has 8 heteroatoms. The Morgan fingerprint density at radius 1 is 1.00 bits per heavy atom. The Morgan fingerprint density at radius 3 is 1.94 bits per heavy atom. The average Bonchev–Trinajstić information content (AvgIpc) is 2.13. The normalized spacial score (nSPS) is 13.1. The van der Waals surface area contributed by atoms with Crippen LogP contribution in [-0.2, 0) is 26.0 Å². The van der Waals surface area contributed by atoms with Crippen molar-refractivity contribution in [1.29, 1.82) is 0 Å². The van der Waals surface area contributed by atoms with Gasteiger partial charge in [-0.2, -0.15) is 16.8 Å². The highest BCUT2D eigenvalue weighted by molar-refractivity contribution is 7.88. The van der Waals surface area contributed by atoms with Gasteiger partial charge in [-0.05, 0) is 17.2 Å². The number of benzene rings is 1. The first-order valence-electron chi connectivity index (χ1n) is 4.35. The highest BCUT2D eigenvalue weighted by atomic mass is 32.2. The molecule has 0 fully saturated rings. The minimum Gasteiger partial charge on any atom is -0.285 e. The summed E-state index contributed by atoms with van der Waals surface area (Å²) in [5, 5.41) is 0.616. The van der Waals surface area contributed by atoms with Crippen LogP contribution in [0.15, 0.2) is 29.7 Å². The molecule has 0 radical (unpaired) electrons. The molecule has 1 rings (SSSR count). The van der Waals surface area contributed by atoms with E-state index in [4.69, 9.17) is 9.11 Å². The van der Waals surface area contributed by atoms with E-state index >= 15 is 0 Å². The van der Waals surface area contributed by atoms with Crippen LogP contribution in [0.4, 0.5) is 0 Å². The van der Waals surface area contributed by atoms with Gasteiger partial charge in [-0.15, -0.1) is 0 Å². The van der Waals surface area contributed by atoms with Crippen LogP contribution in [0.2, 0.25) is 0 Å². The Morgan fingerprint density at radius 2 is 1.53 bits per heavy atom. The molecule has 94 valence electrons. The van der Waals surface area contributed by atoms with Crippen LogP contribution >= 0.6 is 0 Å². The largest absolute Gasteiger partial charge is 0.287 e. The second kappa shape index (κ2) is 4.96. The highest BCUT2D eigenvalue weighted by Crippen LogP contribution is 2.09. The summed E-state index contributed by atoms with van der Waals surface area (Å²) in [6, 6.07) is 5.78. The van der Waals surface area contributed by atoms with E-state index in [9.17, 15) is 16.8 Å². The van der Waals surface area contributed by atoms with Crippen molar-refractivity contribution < 1.29 is 25.9 Å². The second-order valence-electron chi connectivity index (χ2n) is 3.29. The molecule has 0 aliphatic rings. The SMILES string of the molecule is O=S(=O)(O)C=Cc1ccc(CS(=O)(=O)O)cc1. The number of rotatable bonds is 4. The van der Waals surface area contributed by atoms with E-state index in [1.54, 1.807) is 0 Å². The summed E-state index contributed by atoms with van der Waals surface area (Å²) in [5.41, 5.74) is 0.846. The molecule has 0 saturated carbocycles. The Balaban J connectivity index is 2.86. The summed E-state index contributed by atoms with van der Waals surface area (Å²) in [6.45, 7) is 0. The first-order valence-corrected chi connectivity index (χ1v) is 7.47. The standard InChI is InChI=1S/C9H10O6S2/c10-16(11,12)6-5-8-1-3-9(4-2-8)7-17(13,14)15/h1-6H,7H2,(H,10,11,12)(H,13,14,15). The molecule has 2 N–H and O–H groups in total. The zero-order valence-electron chi connectivity index (χ0n) is 8.52. The van der Waals surface area contributed by atoms with Gasteiger partial charge in [0.05, 0.1) is 5.41 Å². The minimum atomic E-state index is -4.18. The van der Waals surface area contributed by atoms with E-state index in [2.05, 4.69) is 0 Å². The summed E-state index contributed by atoms with van der Waals surface area (Å²) in [5.74, 6) is -0.505. The quantitative estimate of drug-likeness (QED) is 0.793. The van der Waals surface area contributed by atoms with E-state index < -0.39 is 26.0 Å². The van der Waals surface area contributed by atoms with Crippen LogP contribution in [0.5, 0.6) is 0 Å². The van der Waals surface area contributed by atoms with Crippen molar-refractivity contribution in [2.24, 2.45) is 0 Å². The van der Waals surface area contributed by atoms with Crippen LogP contribution in [0.3, 0.4) is 0 Å². The van der Waals surface area contributed by atoms with E-state index in [-0.39, 0.29) is 0 Å². The predicted octanol–water partition coefficient (Wildman–Crippen LogP) is 0.933. The first-order chi connectivity index (χ1) is 7.66. The molecule has 0 unspecified atom stereocenters. The lowest BCUT2D eigenvalue weighted by molar-refractivity contribution is 0.481. The third-order valence-electron chi connectivity index (χ3n) is 1.76. The van der Waals surface area contributed by atoms with Crippen LogP contribution in [0.1, 0.15) is 11.1 Å². The Kier molecular flexibility index (Phi) is 4.04. The number of hydrogen-bond acceptors (Lipinski definition) is 4. The lowest BCUT2D eigenvalue weighted by Gasteiger charge is -1.99.